The SMILES string of the molecule is CB1OC2CCCCC2O1.CC(C)C.CC(N)=O.NC(=O)c1cc(Cl)ccc1Cl. The fraction of sp³-hybridized carbons (Fsp3) is 0.600. The number of carbonyl (C=O) groups is 2. The van der Waals surface area contributed by atoms with Gasteiger partial charge in [0.25, 0.3) is 0 Å². The van der Waals surface area contributed by atoms with Gasteiger partial charge in [-0.1, -0.05) is 56.8 Å². The summed E-state index contributed by atoms with van der Waals surface area (Å²) in [5.74, 6) is -0.0718. The number of halogens is 2. The van der Waals surface area contributed by atoms with Crippen molar-refractivity contribution in [3.8, 4) is 0 Å². The van der Waals surface area contributed by atoms with Crippen molar-refractivity contribution in [1.82, 2.24) is 0 Å². The van der Waals surface area contributed by atoms with Crippen molar-refractivity contribution in [2.75, 3.05) is 0 Å². The van der Waals surface area contributed by atoms with Crippen LogP contribution in [0.4, 0.5) is 0 Å². The Morgan fingerprint density at radius 1 is 1.07 bits per heavy atom. The molecule has 1 aromatic carbocycles. The molecule has 6 nitrogen and oxygen atoms in total. The van der Waals surface area contributed by atoms with Crippen LogP contribution >= 0.6 is 23.2 Å². The van der Waals surface area contributed by atoms with E-state index in [0.29, 0.717) is 22.3 Å². The standard InChI is InChI=1S/C7H13BO2.C7H5Cl2NO.C4H10.C2H5NO/c1-8-9-6-4-2-3-5-7(6)10-8;8-4-1-2-6(9)5(3-4)7(10)11;1-4(2)3;1-2(3)4/h6-7H,2-5H2,1H3;1-3H,(H2,10,11);4H,1-3H3;1H3,(H2,3,4). The van der Waals surface area contributed by atoms with Crippen molar-refractivity contribution >= 4 is 42.1 Å². The molecule has 0 aromatic heterocycles. The molecule has 0 bridgehead atoms. The van der Waals surface area contributed by atoms with Crippen molar-refractivity contribution in [3.63, 3.8) is 0 Å². The first-order valence-electron chi connectivity index (χ1n) is 9.75. The van der Waals surface area contributed by atoms with Crippen molar-refractivity contribution < 1.29 is 18.9 Å². The average molecular weight is 447 g/mol. The van der Waals surface area contributed by atoms with Crippen LogP contribution in [0.2, 0.25) is 16.9 Å². The molecular weight excluding hydrogens is 414 g/mol. The van der Waals surface area contributed by atoms with E-state index in [1.807, 2.05) is 6.82 Å². The fourth-order valence-electron chi connectivity index (χ4n) is 2.58. The van der Waals surface area contributed by atoms with Crippen LogP contribution in [0.3, 0.4) is 0 Å². The second-order valence-corrected chi connectivity index (χ2v) is 8.38. The quantitative estimate of drug-likeness (QED) is 0.609. The molecular formula is C20H33BCl2N2O4. The Labute approximate surface area is 184 Å². The number of primary amides is 2. The molecule has 2 amide bonds. The summed E-state index contributed by atoms with van der Waals surface area (Å²) in [5, 5.41) is 0.769. The second kappa shape index (κ2) is 14.7. The van der Waals surface area contributed by atoms with E-state index in [9.17, 15) is 9.59 Å². The zero-order valence-electron chi connectivity index (χ0n) is 17.9. The lowest BCUT2D eigenvalue weighted by molar-refractivity contribution is -0.115. The van der Waals surface area contributed by atoms with Crippen LogP contribution in [0.5, 0.6) is 0 Å². The Morgan fingerprint density at radius 3 is 1.83 bits per heavy atom. The Balaban J connectivity index is 0.000000400. The Morgan fingerprint density at radius 2 is 1.48 bits per heavy atom. The molecule has 164 valence electrons. The monoisotopic (exact) mass is 446 g/mol. The minimum Gasteiger partial charge on any atom is -0.406 e. The maximum Gasteiger partial charge on any atom is 0.454 e. The Hall–Kier alpha value is -1.28. The first-order valence-corrected chi connectivity index (χ1v) is 10.5. The Kier molecular flexibility index (Phi) is 14.0. The van der Waals surface area contributed by atoms with E-state index in [-0.39, 0.29) is 18.6 Å². The Bertz CT molecular complexity index is 626. The molecule has 0 radical (unpaired) electrons. The number of nitrogens with two attached hydrogens (primary N) is 2. The van der Waals surface area contributed by atoms with Gasteiger partial charge in [-0.2, -0.15) is 0 Å². The number of benzene rings is 1. The molecule has 2 atom stereocenters. The van der Waals surface area contributed by atoms with Crippen LogP contribution in [0.25, 0.3) is 0 Å². The van der Waals surface area contributed by atoms with E-state index in [2.05, 4.69) is 26.5 Å². The van der Waals surface area contributed by atoms with E-state index in [1.165, 1.54) is 44.7 Å². The van der Waals surface area contributed by atoms with Gasteiger partial charge in [-0.25, -0.2) is 0 Å². The lowest BCUT2D eigenvalue weighted by Gasteiger charge is -2.22. The van der Waals surface area contributed by atoms with Crippen molar-refractivity contribution in [3.05, 3.63) is 33.8 Å². The van der Waals surface area contributed by atoms with Crippen LogP contribution in [0.15, 0.2) is 18.2 Å². The van der Waals surface area contributed by atoms with Gasteiger partial charge in [0.2, 0.25) is 11.8 Å². The fourth-order valence-corrected chi connectivity index (χ4v) is 2.97. The first kappa shape index (κ1) is 27.7. The third-order valence-corrected chi connectivity index (χ3v) is 4.13. The zero-order chi connectivity index (χ0) is 22.6. The molecule has 2 fully saturated rings. The molecule has 1 aromatic rings. The summed E-state index contributed by atoms with van der Waals surface area (Å²) in [7, 11) is 0.0492. The maximum atomic E-state index is 10.7. The van der Waals surface area contributed by atoms with Gasteiger partial charge < -0.3 is 20.8 Å². The predicted molar refractivity (Wildman–Crippen MR) is 120 cm³/mol. The second-order valence-electron chi connectivity index (χ2n) is 7.53. The highest BCUT2D eigenvalue weighted by atomic mass is 35.5. The molecule has 1 aliphatic heterocycles. The highest BCUT2D eigenvalue weighted by Gasteiger charge is 2.37. The van der Waals surface area contributed by atoms with Crippen LogP contribution in [0, 0.1) is 5.92 Å². The number of hydrogen-bond donors (Lipinski definition) is 2. The molecule has 4 N–H and O–H groups in total. The van der Waals surface area contributed by atoms with Gasteiger partial charge in [0.15, 0.2) is 0 Å². The summed E-state index contributed by atoms with van der Waals surface area (Å²) < 4.78 is 11.1. The molecule has 3 rings (SSSR count). The lowest BCUT2D eigenvalue weighted by Crippen LogP contribution is -2.25. The highest BCUT2D eigenvalue weighted by Crippen LogP contribution is 2.29. The first-order chi connectivity index (χ1) is 13.4. The summed E-state index contributed by atoms with van der Waals surface area (Å²) in [4.78, 5) is 19.9. The van der Waals surface area contributed by atoms with Gasteiger partial charge in [0, 0.05) is 11.9 Å². The third-order valence-electron chi connectivity index (χ3n) is 3.57. The minimum absolute atomic E-state index is 0.0492. The lowest BCUT2D eigenvalue weighted by atomic mass is 9.95. The van der Waals surface area contributed by atoms with Gasteiger partial charge >= 0.3 is 7.12 Å². The number of hydrogen-bond acceptors (Lipinski definition) is 4. The van der Waals surface area contributed by atoms with Gasteiger partial charge in [0.1, 0.15) is 0 Å². The van der Waals surface area contributed by atoms with Gasteiger partial charge in [-0.3, -0.25) is 9.59 Å². The normalized spacial score (nSPS) is 19.5. The summed E-state index contributed by atoms with van der Waals surface area (Å²) in [5.41, 5.74) is 9.72. The molecule has 1 heterocycles. The topological polar surface area (TPSA) is 105 Å². The molecule has 1 saturated carbocycles. The summed E-state index contributed by atoms with van der Waals surface area (Å²) >= 11 is 11.2. The van der Waals surface area contributed by atoms with Crippen molar-refractivity contribution in [1.29, 1.82) is 0 Å². The average Bonchev–Trinajstić information content (AvgIpc) is 2.96. The number of fused-ring (bicyclic) bond motifs is 1. The number of amides is 2. The van der Waals surface area contributed by atoms with Crippen LogP contribution in [0.1, 0.15) is 63.7 Å². The van der Waals surface area contributed by atoms with Gasteiger partial charge in [-0.05, 0) is 43.8 Å². The largest absolute Gasteiger partial charge is 0.454 e. The van der Waals surface area contributed by atoms with Gasteiger partial charge in [-0.15, -0.1) is 0 Å². The van der Waals surface area contributed by atoms with Crippen molar-refractivity contribution in [2.24, 2.45) is 17.4 Å². The molecule has 2 unspecified atom stereocenters. The summed E-state index contributed by atoms with van der Waals surface area (Å²) in [6.45, 7) is 9.79. The van der Waals surface area contributed by atoms with E-state index in [4.69, 9.17) is 38.2 Å². The smallest absolute Gasteiger partial charge is 0.406 e. The van der Waals surface area contributed by atoms with Gasteiger partial charge in [0.05, 0.1) is 22.8 Å². The van der Waals surface area contributed by atoms with Crippen LogP contribution in [-0.4, -0.2) is 31.1 Å². The molecule has 1 aliphatic carbocycles. The predicted octanol–water partition coefficient (Wildman–Crippen LogP) is 4.71. The molecule has 29 heavy (non-hydrogen) atoms. The van der Waals surface area contributed by atoms with Crippen LogP contribution in [-0.2, 0) is 14.1 Å². The molecule has 1 saturated heterocycles. The van der Waals surface area contributed by atoms with E-state index < -0.39 is 5.91 Å². The van der Waals surface area contributed by atoms with E-state index in [0.717, 1.165) is 5.92 Å². The summed E-state index contributed by atoms with van der Waals surface area (Å²) in [6.07, 6.45) is 5.88. The minimum atomic E-state index is -0.572. The number of carbonyl (C=O) groups excluding carboxylic acids is 2. The van der Waals surface area contributed by atoms with Crippen molar-refractivity contribution in [2.45, 2.75) is 72.4 Å². The molecule has 2 aliphatic rings. The van der Waals surface area contributed by atoms with E-state index in [1.54, 1.807) is 6.07 Å². The van der Waals surface area contributed by atoms with Crippen LogP contribution < -0.4 is 11.5 Å². The zero-order valence-corrected chi connectivity index (χ0v) is 19.4. The molecule has 0 spiro atoms. The third kappa shape index (κ3) is 13.5. The molecule has 9 heteroatoms. The van der Waals surface area contributed by atoms with E-state index >= 15 is 0 Å². The highest BCUT2D eigenvalue weighted by molar-refractivity contribution is 6.43. The summed E-state index contributed by atoms with van der Waals surface area (Å²) in [6, 6.07) is 4.56. The number of rotatable bonds is 1. The maximum absolute atomic E-state index is 10.7.